The highest BCUT2D eigenvalue weighted by Crippen LogP contribution is 2.30. The van der Waals surface area contributed by atoms with Crippen LogP contribution in [-0.4, -0.2) is 38.6 Å². The van der Waals surface area contributed by atoms with E-state index >= 15 is 0 Å². The molecule has 0 aliphatic carbocycles. The van der Waals surface area contributed by atoms with Crippen LogP contribution in [-0.2, 0) is 4.79 Å². The number of carbonyl (C=O) groups excluding carboxylic acids is 1. The normalized spacial score (nSPS) is 19.4. The lowest BCUT2D eigenvalue weighted by Crippen LogP contribution is -2.42. The van der Waals surface area contributed by atoms with Crippen molar-refractivity contribution in [2.45, 2.75) is 65.3 Å². The molecule has 0 bridgehead atoms. The largest absolute Gasteiger partial charge is 0.361 e. The second-order valence-corrected chi connectivity index (χ2v) is 7.39. The Bertz CT molecular complexity index is 727. The van der Waals surface area contributed by atoms with Gasteiger partial charge in [-0.3, -0.25) is 4.79 Å². The van der Waals surface area contributed by atoms with E-state index in [1.54, 1.807) is 0 Å². The summed E-state index contributed by atoms with van der Waals surface area (Å²) in [4.78, 5) is 19.6. The minimum absolute atomic E-state index is 0.158. The van der Waals surface area contributed by atoms with Crippen molar-refractivity contribution in [2.24, 2.45) is 0 Å². The predicted octanol–water partition coefficient (Wildman–Crippen LogP) is 3.58. The van der Waals surface area contributed by atoms with E-state index in [9.17, 15) is 4.79 Å². The third-order valence-electron chi connectivity index (χ3n) is 5.21. The van der Waals surface area contributed by atoms with Crippen LogP contribution in [0.1, 0.15) is 74.3 Å². The molecule has 6 nitrogen and oxygen atoms in total. The number of hydrogen-bond donors (Lipinski definition) is 0. The number of imidazole rings is 1. The summed E-state index contributed by atoms with van der Waals surface area (Å²) in [5.41, 5.74) is 1.74. The first-order chi connectivity index (χ1) is 11.9. The fourth-order valence-corrected chi connectivity index (χ4v) is 3.97. The second kappa shape index (κ2) is 7.02. The van der Waals surface area contributed by atoms with Crippen LogP contribution in [0, 0.1) is 13.8 Å². The van der Waals surface area contributed by atoms with Gasteiger partial charge in [0.05, 0.1) is 17.7 Å². The summed E-state index contributed by atoms with van der Waals surface area (Å²) in [7, 11) is 0. The van der Waals surface area contributed by atoms with Crippen molar-refractivity contribution in [1.82, 2.24) is 19.6 Å². The summed E-state index contributed by atoms with van der Waals surface area (Å²) in [5, 5.41) is 3.99. The number of likely N-dealkylation sites (tertiary alicyclic amines) is 1. The molecule has 0 N–H and O–H groups in total. The summed E-state index contributed by atoms with van der Waals surface area (Å²) >= 11 is 0. The Labute approximate surface area is 149 Å². The molecular weight excluding hydrogens is 316 g/mol. The number of amides is 1. The van der Waals surface area contributed by atoms with E-state index in [1.807, 2.05) is 38.1 Å². The van der Waals surface area contributed by atoms with Gasteiger partial charge in [0.1, 0.15) is 11.6 Å². The van der Waals surface area contributed by atoms with Gasteiger partial charge in [0.25, 0.3) is 0 Å². The zero-order chi connectivity index (χ0) is 18.1. The minimum atomic E-state index is -0.225. The van der Waals surface area contributed by atoms with Gasteiger partial charge in [-0.1, -0.05) is 19.0 Å². The molecule has 6 heteroatoms. The van der Waals surface area contributed by atoms with Gasteiger partial charge in [-0.25, -0.2) is 4.98 Å². The van der Waals surface area contributed by atoms with Gasteiger partial charge in [-0.15, -0.1) is 0 Å². The Morgan fingerprint density at radius 3 is 2.72 bits per heavy atom. The molecule has 1 fully saturated rings. The van der Waals surface area contributed by atoms with Crippen LogP contribution in [0.25, 0.3) is 0 Å². The average molecular weight is 344 g/mol. The molecular formula is C19H28N4O2. The number of piperidine rings is 1. The molecule has 0 saturated carbocycles. The fourth-order valence-electron chi connectivity index (χ4n) is 3.97. The maximum Gasteiger partial charge on any atom is 0.230 e. The van der Waals surface area contributed by atoms with E-state index in [0.717, 1.165) is 48.8 Å². The fraction of sp³-hybridized carbons (Fsp3) is 0.632. The second-order valence-electron chi connectivity index (χ2n) is 7.39. The van der Waals surface area contributed by atoms with Gasteiger partial charge in [-0.2, -0.15) is 0 Å². The molecule has 0 radical (unpaired) electrons. The maximum atomic E-state index is 13.1. The Morgan fingerprint density at radius 1 is 1.32 bits per heavy atom. The number of hydrogen-bond acceptors (Lipinski definition) is 4. The van der Waals surface area contributed by atoms with Gasteiger partial charge in [-0.05, 0) is 33.6 Å². The van der Waals surface area contributed by atoms with Crippen molar-refractivity contribution < 1.29 is 9.32 Å². The van der Waals surface area contributed by atoms with Gasteiger partial charge in [0.2, 0.25) is 5.91 Å². The number of aryl methyl sites for hydroxylation is 2. The van der Waals surface area contributed by atoms with Crippen LogP contribution in [0.3, 0.4) is 0 Å². The molecule has 1 amide bonds. The van der Waals surface area contributed by atoms with E-state index in [2.05, 4.69) is 28.6 Å². The van der Waals surface area contributed by atoms with Crippen molar-refractivity contribution in [1.29, 1.82) is 0 Å². The van der Waals surface area contributed by atoms with Crippen LogP contribution in [0.15, 0.2) is 16.9 Å². The highest BCUT2D eigenvalue weighted by atomic mass is 16.5. The van der Waals surface area contributed by atoms with Crippen LogP contribution in [0.5, 0.6) is 0 Å². The van der Waals surface area contributed by atoms with E-state index in [4.69, 9.17) is 4.52 Å². The molecule has 1 aliphatic heterocycles. The summed E-state index contributed by atoms with van der Waals surface area (Å²) < 4.78 is 7.50. The Hall–Kier alpha value is -2.11. The Balaban J connectivity index is 1.77. The first-order valence-electron chi connectivity index (χ1n) is 9.14. The van der Waals surface area contributed by atoms with Crippen molar-refractivity contribution in [3.05, 3.63) is 35.2 Å². The van der Waals surface area contributed by atoms with Crippen molar-refractivity contribution in [3.8, 4) is 0 Å². The quantitative estimate of drug-likeness (QED) is 0.850. The van der Waals surface area contributed by atoms with E-state index in [1.165, 1.54) is 0 Å². The Morgan fingerprint density at radius 2 is 2.08 bits per heavy atom. The monoisotopic (exact) mass is 344 g/mol. The molecule has 25 heavy (non-hydrogen) atoms. The lowest BCUT2D eigenvalue weighted by atomic mass is 9.96. The molecule has 1 saturated heterocycles. The number of aromatic nitrogens is 3. The first-order valence-corrected chi connectivity index (χ1v) is 9.14. The summed E-state index contributed by atoms with van der Waals surface area (Å²) in [5.74, 6) is 2.15. The smallest absolute Gasteiger partial charge is 0.230 e. The molecule has 0 spiro atoms. The first kappa shape index (κ1) is 17.7. The molecule has 0 unspecified atom stereocenters. The van der Waals surface area contributed by atoms with Crippen LogP contribution in [0.4, 0.5) is 0 Å². The number of carbonyl (C=O) groups is 1. The number of nitrogens with zero attached hydrogens (tertiary/aromatic N) is 4. The molecule has 136 valence electrons. The topological polar surface area (TPSA) is 64.2 Å². The third-order valence-corrected chi connectivity index (χ3v) is 5.21. The van der Waals surface area contributed by atoms with Crippen LogP contribution >= 0.6 is 0 Å². The third kappa shape index (κ3) is 3.34. The molecule has 2 atom stereocenters. The van der Waals surface area contributed by atoms with E-state index < -0.39 is 0 Å². The molecule has 2 aromatic rings. The highest BCUT2D eigenvalue weighted by Gasteiger charge is 2.31. The predicted molar refractivity (Wildman–Crippen MR) is 95.6 cm³/mol. The SMILES string of the molecule is Cc1noc(C)c1[C@H](C)C(=O)N1CCC[C@@H](n2ccnc2C(C)C)C1. The van der Waals surface area contributed by atoms with Crippen LogP contribution < -0.4 is 0 Å². The average Bonchev–Trinajstić information content (AvgIpc) is 3.21. The Kier molecular flexibility index (Phi) is 4.97. The zero-order valence-corrected chi connectivity index (χ0v) is 15.8. The van der Waals surface area contributed by atoms with Crippen LogP contribution in [0.2, 0.25) is 0 Å². The van der Waals surface area contributed by atoms with Crippen molar-refractivity contribution in [2.75, 3.05) is 13.1 Å². The lowest BCUT2D eigenvalue weighted by Gasteiger charge is -2.35. The molecule has 3 rings (SSSR count). The van der Waals surface area contributed by atoms with Crippen molar-refractivity contribution >= 4 is 5.91 Å². The molecule has 0 aromatic carbocycles. The standard InChI is InChI=1S/C19H28N4O2/c1-12(2)18-20-8-10-23(18)16-7-6-9-22(11-16)19(24)13(3)17-14(4)21-25-15(17)5/h8,10,12-13,16H,6-7,9,11H2,1-5H3/t13-,16+/m0/s1. The zero-order valence-electron chi connectivity index (χ0n) is 15.8. The summed E-state index contributed by atoms with van der Waals surface area (Å²) in [6, 6.07) is 0.300. The van der Waals surface area contributed by atoms with Gasteiger partial charge in [0, 0.05) is 37.0 Å². The number of rotatable bonds is 4. The van der Waals surface area contributed by atoms with E-state index in [-0.39, 0.29) is 11.8 Å². The molecule has 2 aromatic heterocycles. The minimum Gasteiger partial charge on any atom is -0.361 e. The van der Waals surface area contributed by atoms with Gasteiger partial charge >= 0.3 is 0 Å². The van der Waals surface area contributed by atoms with E-state index in [0.29, 0.717) is 12.0 Å². The maximum absolute atomic E-state index is 13.1. The summed E-state index contributed by atoms with van der Waals surface area (Å²) in [6.07, 6.45) is 6.01. The highest BCUT2D eigenvalue weighted by molar-refractivity contribution is 5.84. The molecule has 3 heterocycles. The lowest BCUT2D eigenvalue weighted by molar-refractivity contribution is -0.134. The molecule has 1 aliphatic rings. The van der Waals surface area contributed by atoms with Gasteiger partial charge in [0.15, 0.2) is 0 Å². The van der Waals surface area contributed by atoms with Crippen molar-refractivity contribution in [3.63, 3.8) is 0 Å². The summed E-state index contributed by atoms with van der Waals surface area (Å²) in [6.45, 7) is 11.6. The van der Waals surface area contributed by atoms with Gasteiger partial charge < -0.3 is 14.0 Å².